The summed E-state index contributed by atoms with van der Waals surface area (Å²) in [6.07, 6.45) is -0.690. The Hall–Kier alpha value is -2.49. The Morgan fingerprint density at radius 1 is 1.38 bits per heavy atom. The number of carbonyl (C=O) groups excluding carboxylic acids is 1. The van der Waals surface area contributed by atoms with Crippen LogP contribution in [0.1, 0.15) is 42.5 Å². The molecule has 0 spiro atoms. The van der Waals surface area contributed by atoms with E-state index in [4.69, 9.17) is 4.74 Å². The lowest BCUT2D eigenvalue weighted by Gasteiger charge is -2.19. The number of rotatable bonds is 5. The van der Waals surface area contributed by atoms with Gasteiger partial charge in [0.2, 0.25) is 0 Å². The van der Waals surface area contributed by atoms with Crippen molar-refractivity contribution in [3.8, 4) is 0 Å². The lowest BCUT2D eigenvalue weighted by Crippen LogP contribution is -2.33. The molecular weight excluding hydrogens is 411 g/mol. The van der Waals surface area contributed by atoms with E-state index in [2.05, 4.69) is 31.6 Å². The minimum Gasteiger partial charge on any atom is -0.476 e. The highest BCUT2D eigenvalue weighted by Crippen LogP contribution is 2.20. The topological polar surface area (TPSA) is 106 Å². The summed E-state index contributed by atoms with van der Waals surface area (Å²) in [7, 11) is 0. The molecule has 1 amide bonds. The van der Waals surface area contributed by atoms with Crippen LogP contribution in [0.5, 0.6) is 0 Å². The summed E-state index contributed by atoms with van der Waals surface area (Å²) in [5, 5.41) is 19.2. The van der Waals surface area contributed by atoms with Crippen molar-refractivity contribution in [2.24, 2.45) is 0 Å². The molecule has 0 unspecified atom stereocenters. The molecule has 1 heterocycles. The molecule has 26 heavy (non-hydrogen) atoms. The number of alkyl carbamates (subject to hydrolysis) is 1. The van der Waals surface area contributed by atoms with Crippen LogP contribution in [0.4, 0.5) is 9.18 Å². The van der Waals surface area contributed by atoms with Crippen LogP contribution in [-0.2, 0) is 17.8 Å². The van der Waals surface area contributed by atoms with Crippen molar-refractivity contribution in [2.75, 3.05) is 0 Å². The van der Waals surface area contributed by atoms with Crippen molar-refractivity contribution < 1.29 is 23.8 Å². The van der Waals surface area contributed by atoms with Gasteiger partial charge in [-0.05, 0) is 38.5 Å². The van der Waals surface area contributed by atoms with Gasteiger partial charge >= 0.3 is 12.1 Å². The first-order valence-electron chi connectivity index (χ1n) is 7.63. The van der Waals surface area contributed by atoms with E-state index in [-0.39, 0.29) is 24.5 Å². The van der Waals surface area contributed by atoms with Gasteiger partial charge in [0.05, 0.1) is 18.8 Å². The summed E-state index contributed by atoms with van der Waals surface area (Å²) in [5.41, 5.74) is -0.0948. The van der Waals surface area contributed by atoms with Gasteiger partial charge in [-0.1, -0.05) is 27.2 Å². The SMILES string of the molecule is CC(C)(C)OC(=O)NCc1c(C(=O)O)nnn1Cc1ccc(F)cc1Br. The second-order valence-electron chi connectivity index (χ2n) is 6.44. The summed E-state index contributed by atoms with van der Waals surface area (Å²) in [6.45, 7) is 5.15. The highest BCUT2D eigenvalue weighted by atomic mass is 79.9. The normalized spacial score (nSPS) is 11.3. The maximum atomic E-state index is 13.2. The number of nitrogens with one attached hydrogen (secondary N) is 1. The monoisotopic (exact) mass is 428 g/mol. The Balaban J connectivity index is 2.22. The third kappa shape index (κ3) is 5.25. The lowest BCUT2D eigenvalue weighted by molar-refractivity contribution is 0.0519. The van der Waals surface area contributed by atoms with E-state index < -0.39 is 23.5 Å². The Labute approximate surface area is 157 Å². The van der Waals surface area contributed by atoms with E-state index >= 15 is 0 Å². The fourth-order valence-electron chi connectivity index (χ4n) is 2.08. The average Bonchev–Trinajstić information content (AvgIpc) is 2.89. The van der Waals surface area contributed by atoms with Crippen LogP contribution in [0, 0.1) is 5.82 Å². The number of amides is 1. The molecule has 0 saturated heterocycles. The minimum absolute atomic E-state index is 0.137. The third-order valence-corrected chi connectivity index (χ3v) is 3.91. The standard InChI is InChI=1S/C16H18BrFN4O4/c1-16(2,3)26-15(25)19-7-12-13(14(23)24)20-21-22(12)8-9-4-5-10(18)6-11(9)17/h4-6H,7-8H2,1-3H3,(H,19,25)(H,23,24). The molecule has 0 bridgehead atoms. The maximum Gasteiger partial charge on any atom is 0.407 e. The summed E-state index contributed by atoms with van der Waals surface area (Å²) in [4.78, 5) is 23.2. The van der Waals surface area contributed by atoms with Gasteiger partial charge in [-0.2, -0.15) is 0 Å². The maximum absolute atomic E-state index is 13.2. The molecule has 1 aromatic heterocycles. The molecule has 0 aliphatic carbocycles. The molecule has 8 nitrogen and oxygen atoms in total. The highest BCUT2D eigenvalue weighted by molar-refractivity contribution is 9.10. The predicted octanol–water partition coefficient (Wildman–Crippen LogP) is 2.95. The molecule has 0 atom stereocenters. The van der Waals surface area contributed by atoms with Crippen LogP contribution >= 0.6 is 15.9 Å². The summed E-state index contributed by atoms with van der Waals surface area (Å²) >= 11 is 3.25. The van der Waals surface area contributed by atoms with E-state index in [1.807, 2.05) is 0 Å². The van der Waals surface area contributed by atoms with Gasteiger partial charge in [0.1, 0.15) is 11.4 Å². The van der Waals surface area contributed by atoms with Crippen molar-refractivity contribution in [3.63, 3.8) is 0 Å². The van der Waals surface area contributed by atoms with Gasteiger partial charge in [0.25, 0.3) is 0 Å². The molecule has 1 aromatic carbocycles. The number of ether oxygens (including phenoxy) is 1. The van der Waals surface area contributed by atoms with Crippen LogP contribution in [0.25, 0.3) is 0 Å². The number of carboxylic acids is 1. The predicted molar refractivity (Wildman–Crippen MR) is 93.3 cm³/mol. The molecule has 10 heteroatoms. The third-order valence-electron chi connectivity index (χ3n) is 3.17. The largest absolute Gasteiger partial charge is 0.476 e. The Bertz CT molecular complexity index is 832. The zero-order chi connectivity index (χ0) is 19.5. The molecule has 0 radical (unpaired) electrons. The molecule has 2 N–H and O–H groups in total. The molecule has 140 valence electrons. The number of aromatic carboxylic acids is 1. The van der Waals surface area contributed by atoms with Crippen LogP contribution in [0.3, 0.4) is 0 Å². The fourth-order valence-corrected chi connectivity index (χ4v) is 2.56. The number of nitrogens with zero attached hydrogens (tertiary/aromatic N) is 3. The van der Waals surface area contributed by atoms with E-state index in [9.17, 15) is 19.1 Å². The zero-order valence-electron chi connectivity index (χ0n) is 14.4. The first-order chi connectivity index (χ1) is 12.1. The summed E-state index contributed by atoms with van der Waals surface area (Å²) in [5.74, 6) is -1.67. The van der Waals surface area contributed by atoms with Gasteiger partial charge in [-0.25, -0.2) is 18.7 Å². The van der Waals surface area contributed by atoms with Crippen LogP contribution < -0.4 is 5.32 Å². The molecule has 0 saturated carbocycles. The fraction of sp³-hybridized carbons (Fsp3) is 0.375. The van der Waals surface area contributed by atoms with Crippen molar-refractivity contribution in [1.82, 2.24) is 20.3 Å². The first-order valence-corrected chi connectivity index (χ1v) is 8.42. The van der Waals surface area contributed by atoms with Crippen LogP contribution in [0.2, 0.25) is 0 Å². The second-order valence-corrected chi connectivity index (χ2v) is 7.29. The molecule has 0 aliphatic heterocycles. The second kappa shape index (κ2) is 7.81. The number of hydrogen-bond donors (Lipinski definition) is 2. The van der Waals surface area contributed by atoms with Crippen molar-refractivity contribution in [1.29, 1.82) is 0 Å². The van der Waals surface area contributed by atoms with Gasteiger partial charge in [-0.15, -0.1) is 5.10 Å². The minimum atomic E-state index is -1.27. The number of carbonyl (C=O) groups is 2. The Kier molecular flexibility index (Phi) is 5.96. The van der Waals surface area contributed by atoms with E-state index in [0.29, 0.717) is 10.0 Å². The first kappa shape index (κ1) is 19.8. The van der Waals surface area contributed by atoms with E-state index in [1.165, 1.54) is 16.8 Å². The van der Waals surface area contributed by atoms with Crippen molar-refractivity contribution in [2.45, 2.75) is 39.5 Å². The number of hydrogen-bond acceptors (Lipinski definition) is 5. The van der Waals surface area contributed by atoms with Crippen molar-refractivity contribution >= 4 is 28.0 Å². The van der Waals surface area contributed by atoms with Crippen LogP contribution in [-0.4, -0.2) is 37.8 Å². The van der Waals surface area contributed by atoms with Crippen molar-refractivity contribution in [3.05, 3.63) is 45.4 Å². The molecule has 0 fully saturated rings. The number of carboxylic acid groups (broad SMARTS) is 1. The average molecular weight is 429 g/mol. The van der Waals surface area contributed by atoms with Gasteiger partial charge in [0.15, 0.2) is 5.69 Å². The molecule has 2 rings (SSSR count). The number of halogens is 2. The number of benzene rings is 1. The molecular formula is C16H18BrFN4O4. The summed E-state index contributed by atoms with van der Waals surface area (Å²) in [6, 6.07) is 4.13. The Morgan fingerprint density at radius 3 is 2.65 bits per heavy atom. The molecule has 2 aromatic rings. The summed E-state index contributed by atoms with van der Waals surface area (Å²) < 4.78 is 20.2. The van der Waals surface area contributed by atoms with Gasteiger partial charge in [0, 0.05) is 4.47 Å². The highest BCUT2D eigenvalue weighted by Gasteiger charge is 2.22. The van der Waals surface area contributed by atoms with Gasteiger partial charge in [-0.3, -0.25) is 0 Å². The molecule has 0 aliphatic rings. The zero-order valence-corrected chi connectivity index (χ0v) is 16.0. The van der Waals surface area contributed by atoms with E-state index in [1.54, 1.807) is 26.8 Å². The Morgan fingerprint density at radius 2 is 2.08 bits per heavy atom. The lowest BCUT2D eigenvalue weighted by atomic mass is 10.2. The van der Waals surface area contributed by atoms with E-state index in [0.717, 1.165) is 0 Å². The smallest absolute Gasteiger partial charge is 0.407 e. The number of aromatic nitrogens is 3. The van der Waals surface area contributed by atoms with Gasteiger partial charge < -0.3 is 15.2 Å². The van der Waals surface area contributed by atoms with Crippen LogP contribution in [0.15, 0.2) is 22.7 Å². The quantitative estimate of drug-likeness (QED) is 0.757.